The molecule has 0 amide bonds. The number of hydrogen-bond acceptors (Lipinski definition) is 2. The smallest absolute Gasteiger partial charge is 0.141 e. The Morgan fingerprint density at radius 3 is 2.87 bits per heavy atom. The Labute approximate surface area is 96.1 Å². The van der Waals surface area contributed by atoms with Crippen molar-refractivity contribution in [2.75, 3.05) is 6.61 Å². The molecule has 3 nitrogen and oxygen atoms in total. The summed E-state index contributed by atoms with van der Waals surface area (Å²) < 4.78 is 18.7. The van der Waals surface area contributed by atoms with Gasteiger partial charge in [-0.25, -0.2) is 4.39 Å². The quantitative estimate of drug-likeness (QED) is 0.493. The van der Waals surface area contributed by atoms with Gasteiger partial charge in [0.05, 0.1) is 16.9 Å². The molecule has 15 heavy (non-hydrogen) atoms. The van der Waals surface area contributed by atoms with E-state index in [2.05, 4.69) is 15.9 Å². The van der Waals surface area contributed by atoms with E-state index >= 15 is 0 Å². The molecule has 0 aliphatic heterocycles. The fourth-order valence-electron chi connectivity index (χ4n) is 1.02. The first kappa shape index (κ1) is 12.0. The van der Waals surface area contributed by atoms with Crippen LogP contribution in [-0.4, -0.2) is 12.4 Å². The minimum atomic E-state index is -0.348. The summed E-state index contributed by atoms with van der Waals surface area (Å²) in [6.45, 7) is 0.431. The van der Waals surface area contributed by atoms with Gasteiger partial charge in [0, 0.05) is 12.5 Å². The van der Waals surface area contributed by atoms with Crippen LogP contribution in [0.1, 0.15) is 12.8 Å². The molecule has 0 aliphatic rings. The van der Waals surface area contributed by atoms with Crippen molar-refractivity contribution >= 4 is 21.8 Å². The minimum Gasteiger partial charge on any atom is -0.493 e. The van der Waals surface area contributed by atoms with Crippen molar-refractivity contribution in [3.05, 3.63) is 28.5 Å². The Hall–Kier alpha value is -1.10. The van der Waals surface area contributed by atoms with Gasteiger partial charge in [-0.1, -0.05) is 0 Å². The summed E-state index contributed by atoms with van der Waals surface area (Å²) in [5.74, 6) is 0.277. The lowest BCUT2D eigenvalue weighted by molar-refractivity contribution is 0.311. The van der Waals surface area contributed by atoms with Crippen molar-refractivity contribution < 1.29 is 9.13 Å². The Morgan fingerprint density at radius 2 is 2.27 bits per heavy atom. The highest BCUT2D eigenvalue weighted by atomic mass is 79.9. The molecule has 0 radical (unpaired) electrons. The molecule has 1 rings (SSSR count). The van der Waals surface area contributed by atoms with Crippen LogP contribution < -0.4 is 10.5 Å². The maximum absolute atomic E-state index is 13.0. The third-order valence-corrected chi connectivity index (χ3v) is 2.39. The molecule has 0 heterocycles. The Morgan fingerprint density at radius 1 is 1.53 bits per heavy atom. The van der Waals surface area contributed by atoms with Crippen LogP contribution in [0.2, 0.25) is 0 Å². The second-order valence-electron chi connectivity index (χ2n) is 3.05. The van der Waals surface area contributed by atoms with Crippen LogP contribution in [0.3, 0.4) is 0 Å². The first-order valence-electron chi connectivity index (χ1n) is 4.50. The van der Waals surface area contributed by atoms with E-state index in [0.29, 0.717) is 29.7 Å². The van der Waals surface area contributed by atoms with Gasteiger partial charge < -0.3 is 10.5 Å². The molecule has 0 bridgehead atoms. The van der Waals surface area contributed by atoms with Crippen molar-refractivity contribution in [3.63, 3.8) is 0 Å². The fraction of sp³-hybridized carbons (Fsp3) is 0.300. The van der Waals surface area contributed by atoms with Crippen LogP contribution in [0.4, 0.5) is 4.39 Å². The topological polar surface area (TPSA) is 59.1 Å². The predicted molar refractivity (Wildman–Crippen MR) is 60.7 cm³/mol. The van der Waals surface area contributed by atoms with E-state index in [4.69, 9.17) is 15.9 Å². The third kappa shape index (κ3) is 4.29. The van der Waals surface area contributed by atoms with E-state index in [0.717, 1.165) is 0 Å². The molecule has 82 valence electrons. The molecule has 0 saturated heterocycles. The number of hydrogen-bond donors (Lipinski definition) is 2. The zero-order valence-electron chi connectivity index (χ0n) is 8.09. The van der Waals surface area contributed by atoms with Gasteiger partial charge in [-0.2, -0.15) is 0 Å². The molecular formula is C10H12BrFN2O. The number of ether oxygens (including phenoxy) is 1. The van der Waals surface area contributed by atoms with Crippen LogP contribution >= 0.6 is 15.9 Å². The van der Waals surface area contributed by atoms with Gasteiger partial charge in [-0.05, 0) is 34.5 Å². The zero-order valence-corrected chi connectivity index (χ0v) is 9.68. The average Bonchev–Trinajstić information content (AvgIpc) is 2.18. The largest absolute Gasteiger partial charge is 0.493 e. The second-order valence-corrected chi connectivity index (χ2v) is 3.91. The number of nitrogens with two attached hydrogens (primary N) is 1. The molecule has 0 atom stereocenters. The summed E-state index contributed by atoms with van der Waals surface area (Å²) in [5, 5.41) is 7.00. The van der Waals surface area contributed by atoms with E-state index < -0.39 is 0 Å². The van der Waals surface area contributed by atoms with Crippen molar-refractivity contribution in [1.82, 2.24) is 0 Å². The van der Waals surface area contributed by atoms with Crippen LogP contribution in [-0.2, 0) is 0 Å². The van der Waals surface area contributed by atoms with Gasteiger partial charge in [0.1, 0.15) is 11.6 Å². The molecule has 0 saturated carbocycles. The summed E-state index contributed by atoms with van der Waals surface area (Å²) in [6, 6.07) is 4.59. The maximum atomic E-state index is 13.0. The average molecular weight is 275 g/mol. The first-order valence-corrected chi connectivity index (χ1v) is 5.29. The summed E-state index contributed by atoms with van der Waals surface area (Å²) in [4.78, 5) is 0. The lowest BCUT2D eigenvalue weighted by Crippen LogP contribution is -2.11. The summed E-state index contributed by atoms with van der Waals surface area (Å²) >= 11 is 3.06. The highest BCUT2D eigenvalue weighted by molar-refractivity contribution is 9.10. The van der Waals surface area contributed by atoms with E-state index in [9.17, 15) is 4.39 Å². The molecule has 0 fully saturated rings. The highest BCUT2D eigenvalue weighted by Crippen LogP contribution is 2.20. The van der Waals surface area contributed by atoms with Crippen molar-refractivity contribution in [2.45, 2.75) is 12.8 Å². The van der Waals surface area contributed by atoms with Gasteiger partial charge in [0.2, 0.25) is 0 Å². The lowest BCUT2D eigenvalue weighted by atomic mass is 10.3. The SMILES string of the molecule is N=C(N)CCCOc1ccc(Br)c(F)c1. The van der Waals surface area contributed by atoms with Gasteiger partial charge in [0.25, 0.3) is 0 Å². The second kappa shape index (κ2) is 5.70. The summed E-state index contributed by atoms with van der Waals surface area (Å²) in [6.07, 6.45) is 1.16. The molecule has 1 aromatic carbocycles. The molecule has 5 heteroatoms. The number of rotatable bonds is 5. The van der Waals surface area contributed by atoms with E-state index in [1.165, 1.54) is 6.07 Å². The van der Waals surface area contributed by atoms with Gasteiger partial charge >= 0.3 is 0 Å². The number of nitrogens with one attached hydrogen (secondary N) is 1. The maximum Gasteiger partial charge on any atom is 0.141 e. The lowest BCUT2D eigenvalue weighted by Gasteiger charge is -2.06. The molecule has 3 N–H and O–H groups in total. The van der Waals surface area contributed by atoms with Crippen molar-refractivity contribution in [1.29, 1.82) is 5.41 Å². The number of benzene rings is 1. The van der Waals surface area contributed by atoms with Crippen LogP contribution in [0.25, 0.3) is 0 Å². The first-order chi connectivity index (χ1) is 7.09. The standard InChI is InChI=1S/C10H12BrFN2O/c11-8-4-3-7(6-9(8)12)15-5-1-2-10(13)14/h3-4,6H,1-2,5H2,(H3,13,14). The number of amidine groups is 1. The van der Waals surface area contributed by atoms with Crippen molar-refractivity contribution in [2.24, 2.45) is 5.73 Å². The summed E-state index contributed by atoms with van der Waals surface area (Å²) in [5.41, 5.74) is 5.18. The summed E-state index contributed by atoms with van der Waals surface area (Å²) in [7, 11) is 0. The van der Waals surface area contributed by atoms with Gasteiger partial charge in [-0.3, -0.25) is 5.41 Å². The Kier molecular flexibility index (Phi) is 4.55. The fourth-order valence-corrected chi connectivity index (χ4v) is 1.27. The molecule has 0 aliphatic carbocycles. The van der Waals surface area contributed by atoms with Gasteiger partial charge in [-0.15, -0.1) is 0 Å². The third-order valence-electron chi connectivity index (χ3n) is 1.75. The number of halogens is 2. The van der Waals surface area contributed by atoms with E-state index in [-0.39, 0.29) is 11.7 Å². The molecule has 1 aromatic rings. The van der Waals surface area contributed by atoms with Crippen molar-refractivity contribution in [3.8, 4) is 5.75 Å². The minimum absolute atomic E-state index is 0.139. The Bertz CT molecular complexity index is 357. The van der Waals surface area contributed by atoms with E-state index in [1.807, 2.05) is 0 Å². The molecule has 0 spiro atoms. The van der Waals surface area contributed by atoms with Gasteiger partial charge in [0.15, 0.2) is 0 Å². The van der Waals surface area contributed by atoms with Crippen LogP contribution in [0.5, 0.6) is 5.75 Å². The normalized spacial score (nSPS) is 10.0. The molecule has 0 aromatic heterocycles. The Balaban J connectivity index is 2.38. The predicted octanol–water partition coefficient (Wildman–Crippen LogP) is 2.68. The van der Waals surface area contributed by atoms with Crippen LogP contribution in [0, 0.1) is 11.2 Å². The highest BCUT2D eigenvalue weighted by Gasteiger charge is 2.01. The molecular weight excluding hydrogens is 263 g/mol. The van der Waals surface area contributed by atoms with E-state index in [1.54, 1.807) is 12.1 Å². The molecule has 0 unspecified atom stereocenters. The van der Waals surface area contributed by atoms with Crippen LogP contribution in [0.15, 0.2) is 22.7 Å². The zero-order chi connectivity index (χ0) is 11.3. The monoisotopic (exact) mass is 274 g/mol.